The second-order valence-corrected chi connectivity index (χ2v) is 8.00. The Morgan fingerprint density at radius 2 is 1.69 bits per heavy atom. The lowest BCUT2D eigenvalue weighted by molar-refractivity contribution is 0.106. The largest absolute Gasteiger partial charge is 0.337 e. The number of carbonyl (C=O) groups excluding carboxylic acids is 1. The first kappa shape index (κ1) is 16.9. The molecule has 3 aromatic rings. The lowest BCUT2D eigenvalue weighted by Gasteiger charge is -2.11. The monoisotopic (exact) mass is 380 g/mol. The maximum atomic E-state index is 12.8. The summed E-state index contributed by atoms with van der Waals surface area (Å²) >= 11 is 2.94. The number of thiazole rings is 1. The second kappa shape index (κ2) is 6.63. The number of carbonyl (C=O) groups is 1. The fourth-order valence-electron chi connectivity index (χ4n) is 2.83. The minimum Gasteiger partial charge on any atom is -0.337 e. The Morgan fingerprint density at radius 1 is 1.00 bits per heavy atom. The van der Waals surface area contributed by atoms with Gasteiger partial charge in [-0.25, -0.2) is 0 Å². The number of thioether (sulfide) groups is 1. The zero-order valence-electron chi connectivity index (χ0n) is 14.3. The molecule has 4 rings (SSSR count). The quantitative estimate of drug-likeness (QED) is 0.641. The molecule has 0 aliphatic carbocycles. The van der Waals surface area contributed by atoms with Gasteiger partial charge in [0.25, 0.3) is 5.56 Å². The van der Waals surface area contributed by atoms with Crippen molar-refractivity contribution in [3.63, 3.8) is 0 Å². The third-order valence-electron chi connectivity index (χ3n) is 4.28. The first-order valence-corrected chi connectivity index (χ1v) is 9.71. The van der Waals surface area contributed by atoms with Crippen molar-refractivity contribution in [3.8, 4) is 0 Å². The molecule has 0 bridgehead atoms. The predicted octanol–water partition coefficient (Wildman–Crippen LogP) is 2.42. The van der Waals surface area contributed by atoms with Gasteiger partial charge in [-0.05, 0) is 12.1 Å². The summed E-state index contributed by atoms with van der Waals surface area (Å²) in [5, 5.41) is 0.906. The zero-order chi connectivity index (χ0) is 18.3. The van der Waals surface area contributed by atoms with Gasteiger partial charge in [0.1, 0.15) is 14.2 Å². The van der Waals surface area contributed by atoms with Gasteiger partial charge in [-0.1, -0.05) is 54.2 Å². The molecular formula is C20H16N2O2S2. The molecule has 0 spiro atoms. The summed E-state index contributed by atoms with van der Waals surface area (Å²) in [6, 6.07) is 17.2. The Balaban J connectivity index is 1.85. The Kier molecular flexibility index (Phi) is 4.30. The van der Waals surface area contributed by atoms with Crippen molar-refractivity contribution < 1.29 is 4.79 Å². The number of fused-ring (bicyclic) bond motifs is 1. The standard InChI is InChI=1S/C20H16N2O2S2/c1-21-14-10-6-7-11-16(14)25-20(21)18-19(24)22(2)17(26-18)12-15(23)13-8-4-3-5-9-13/h3-12H,1-2H3/b17-12?,20-18-. The molecule has 0 amide bonds. The minimum absolute atomic E-state index is 0.0794. The topological polar surface area (TPSA) is 42.3 Å². The minimum atomic E-state index is -0.102. The van der Waals surface area contributed by atoms with Gasteiger partial charge in [0.15, 0.2) is 5.78 Å². The maximum absolute atomic E-state index is 12.8. The number of rotatable bonds is 2. The third kappa shape index (κ3) is 2.81. The summed E-state index contributed by atoms with van der Waals surface area (Å²) in [6.45, 7) is 0. The highest BCUT2D eigenvalue weighted by atomic mass is 32.2. The Labute approximate surface area is 158 Å². The molecule has 0 saturated carbocycles. The number of nitrogens with zero attached hydrogens (tertiary/aromatic N) is 2. The molecule has 0 N–H and O–H groups in total. The third-order valence-corrected chi connectivity index (χ3v) is 6.82. The van der Waals surface area contributed by atoms with Crippen molar-refractivity contribution >= 4 is 45.7 Å². The molecule has 130 valence electrons. The summed E-state index contributed by atoms with van der Waals surface area (Å²) < 4.78 is 2.85. The number of anilines is 1. The van der Waals surface area contributed by atoms with E-state index in [1.807, 2.05) is 54.4 Å². The van der Waals surface area contributed by atoms with Crippen LogP contribution in [0.4, 0.5) is 5.69 Å². The van der Waals surface area contributed by atoms with Crippen LogP contribution in [0.15, 0.2) is 64.3 Å². The predicted molar refractivity (Wildman–Crippen MR) is 108 cm³/mol. The molecule has 2 heterocycles. The molecule has 2 aromatic carbocycles. The van der Waals surface area contributed by atoms with Gasteiger partial charge in [0, 0.05) is 30.6 Å². The number of aromatic nitrogens is 1. The molecule has 4 nitrogen and oxygen atoms in total. The number of ketones is 1. The van der Waals surface area contributed by atoms with Crippen LogP contribution in [0, 0.1) is 0 Å². The van der Waals surface area contributed by atoms with E-state index in [0.29, 0.717) is 14.8 Å². The normalized spacial score (nSPS) is 16.1. The number of benzene rings is 2. The molecule has 0 unspecified atom stereocenters. The van der Waals surface area contributed by atoms with Crippen LogP contribution < -0.4 is 19.7 Å². The van der Waals surface area contributed by atoms with E-state index in [1.165, 1.54) is 17.4 Å². The van der Waals surface area contributed by atoms with Gasteiger partial charge in [-0.15, -0.1) is 11.3 Å². The average molecular weight is 380 g/mol. The summed E-state index contributed by atoms with van der Waals surface area (Å²) in [5.74, 6) is -0.102. The Bertz CT molecular complexity index is 1180. The van der Waals surface area contributed by atoms with Crippen LogP contribution in [0.1, 0.15) is 10.4 Å². The van der Waals surface area contributed by atoms with E-state index < -0.39 is 0 Å². The van der Waals surface area contributed by atoms with Gasteiger partial charge in [0.2, 0.25) is 0 Å². The van der Waals surface area contributed by atoms with Crippen molar-refractivity contribution in [1.29, 1.82) is 0 Å². The van der Waals surface area contributed by atoms with Crippen molar-refractivity contribution in [2.75, 3.05) is 11.9 Å². The lowest BCUT2D eigenvalue weighted by Crippen LogP contribution is -2.32. The highest BCUT2D eigenvalue weighted by Crippen LogP contribution is 2.44. The first-order valence-electron chi connectivity index (χ1n) is 8.08. The number of hydrogen-bond donors (Lipinski definition) is 0. The molecule has 6 heteroatoms. The van der Waals surface area contributed by atoms with Crippen molar-refractivity contribution in [2.45, 2.75) is 4.90 Å². The zero-order valence-corrected chi connectivity index (χ0v) is 15.9. The summed E-state index contributed by atoms with van der Waals surface area (Å²) in [6.07, 6.45) is 1.54. The van der Waals surface area contributed by atoms with Crippen LogP contribution in [0.5, 0.6) is 0 Å². The molecule has 0 fully saturated rings. The fraction of sp³-hybridized carbons (Fsp3) is 0.100. The van der Waals surface area contributed by atoms with Gasteiger partial charge < -0.3 is 9.47 Å². The number of para-hydroxylation sites is 1. The summed E-state index contributed by atoms with van der Waals surface area (Å²) in [4.78, 5) is 28.4. The van der Waals surface area contributed by atoms with Gasteiger partial charge in [-0.2, -0.15) is 0 Å². The maximum Gasteiger partial charge on any atom is 0.271 e. The van der Waals surface area contributed by atoms with E-state index in [4.69, 9.17) is 0 Å². The molecule has 26 heavy (non-hydrogen) atoms. The van der Waals surface area contributed by atoms with Crippen LogP contribution in [0.3, 0.4) is 0 Å². The average Bonchev–Trinajstić information content (AvgIpc) is 3.14. The van der Waals surface area contributed by atoms with Crippen LogP contribution in [0.25, 0.3) is 11.1 Å². The fourth-order valence-corrected chi connectivity index (χ4v) is 5.20. The van der Waals surface area contributed by atoms with E-state index in [1.54, 1.807) is 35.5 Å². The van der Waals surface area contributed by atoms with Crippen molar-refractivity contribution in [1.82, 2.24) is 4.57 Å². The highest BCUT2D eigenvalue weighted by molar-refractivity contribution is 8.08. The SMILES string of the molecule is CN1/C(=c2/sc(=CC(=O)c3ccccc3)n(C)c2=O)Sc2ccccc21. The summed E-state index contributed by atoms with van der Waals surface area (Å²) in [5.41, 5.74) is 1.63. The molecule has 1 aliphatic heterocycles. The summed E-state index contributed by atoms with van der Waals surface area (Å²) in [7, 11) is 3.67. The van der Waals surface area contributed by atoms with E-state index in [0.717, 1.165) is 15.6 Å². The van der Waals surface area contributed by atoms with Crippen LogP contribution in [-0.2, 0) is 7.05 Å². The van der Waals surface area contributed by atoms with Gasteiger partial charge >= 0.3 is 0 Å². The van der Waals surface area contributed by atoms with Crippen molar-refractivity contribution in [2.24, 2.45) is 7.05 Å². The molecule has 0 atom stereocenters. The first-order chi connectivity index (χ1) is 12.6. The van der Waals surface area contributed by atoms with Crippen LogP contribution in [0.2, 0.25) is 0 Å². The molecule has 1 aliphatic rings. The lowest BCUT2D eigenvalue weighted by atomic mass is 10.1. The Morgan fingerprint density at radius 3 is 2.42 bits per heavy atom. The second-order valence-electron chi connectivity index (χ2n) is 5.94. The van der Waals surface area contributed by atoms with Gasteiger partial charge in [0.05, 0.1) is 5.69 Å². The smallest absolute Gasteiger partial charge is 0.271 e. The number of Topliss-reactive ketones (excluding diaryl/α,β-unsaturated/α-hetero) is 1. The van der Waals surface area contributed by atoms with E-state index in [2.05, 4.69) is 0 Å². The van der Waals surface area contributed by atoms with E-state index in [9.17, 15) is 9.59 Å². The van der Waals surface area contributed by atoms with Crippen LogP contribution in [-0.4, -0.2) is 17.4 Å². The van der Waals surface area contributed by atoms with Gasteiger partial charge in [-0.3, -0.25) is 9.59 Å². The van der Waals surface area contributed by atoms with Crippen LogP contribution >= 0.6 is 23.1 Å². The van der Waals surface area contributed by atoms with E-state index in [-0.39, 0.29) is 11.3 Å². The highest BCUT2D eigenvalue weighted by Gasteiger charge is 2.23. The molecule has 0 radical (unpaired) electrons. The molecule has 1 aromatic heterocycles. The Hall–Kier alpha value is -2.57. The van der Waals surface area contributed by atoms with Crippen molar-refractivity contribution in [3.05, 3.63) is 79.7 Å². The molecular weight excluding hydrogens is 364 g/mol. The number of hydrogen-bond acceptors (Lipinski definition) is 5. The van der Waals surface area contributed by atoms with E-state index >= 15 is 0 Å². The molecule has 0 saturated heterocycles.